The monoisotopic (exact) mass is 430 g/mol. The maximum atomic E-state index is 12.5. The largest absolute Gasteiger partial charge is 0.243 e. The van der Waals surface area contributed by atoms with Gasteiger partial charge in [0.2, 0.25) is 20.0 Å². The lowest BCUT2D eigenvalue weighted by Crippen LogP contribution is -2.30. The number of hydrogen-bond acceptors (Lipinski definition) is 4. The van der Waals surface area contributed by atoms with Crippen molar-refractivity contribution < 1.29 is 16.8 Å². The summed E-state index contributed by atoms with van der Waals surface area (Å²) in [4.78, 5) is 0.190. The first-order chi connectivity index (χ1) is 12.6. The van der Waals surface area contributed by atoms with Crippen LogP contribution in [0, 0.1) is 6.92 Å². The molecule has 0 atom stereocenters. The molecule has 0 unspecified atom stereocenters. The van der Waals surface area contributed by atoms with E-state index < -0.39 is 20.0 Å². The minimum atomic E-state index is -3.77. The van der Waals surface area contributed by atoms with E-state index >= 15 is 0 Å². The van der Waals surface area contributed by atoms with E-state index in [0.717, 1.165) is 5.56 Å². The molecule has 1 N–H and O–H groups in total. The molecule has 9 heteroatoms. The van der Waals surface area contributed by atoms with Crippen LogP contribution in [0.2, 0.25) is 5.02 Å². The quantitative estimate of drug-likeness (QED) is 0.697. The molecule has 0 aromatic heterocycles. The number of nitrogens with zero attached hydrogens (tertiary/aromatic N) is 1. The molecule has 148 valence electrons. The second-order valence-corrected chi connectivity index (χ2v) is 10.1. The zero-order valence-corrected chi connectivity index (χ0v) is 17.8. The average Bonchev–Trinajstić information content (AvgIpc) is 2.61. The molecular weight excluding hydrogens is 408 g/mol. The number of hydrogen-bond donors (Lipinski definition) is 1. The van der Waals surface area contributed by atoms with E-state index in [-0.39, 0.29) is 21.4 Å². The molecule has 0 saturated heterocycles. The third kappa shape index (κ3) is 5.08. The topological polar surface area (TPSA) is 83.6 Å². The fraction of sp³-hybridized carbons (Fsp3) is 0.333. The second-order valence-electron chi connectivity index (χ2n) is 5.99. The van der Waals surface area contributed by atoms with E-state index in [2.05, 4.69) is 4.72 Å². The van der Waals surface area contributed by atoms with E-state index in [0.29, 0.717) is 18.7 Å². The summed E-state index contributed by atoms with van der Waals surface area (Å²) >= 11 is 6.03. The van der Waals surface area contributed by atoms with Crippen molar-refractivity contribution in [2.75, 3.05) is 13.1 Å². The van der Waals surface area contributed by atoms with E-state index in [1.165, 1.54) is 22.5 Å². The van der Waals surface area contributed by atoms with Crippen LogP contribution in [0.3, 0.4) is 0 Å². The van der Waals surface area contributed by atoms with Crippen LogP contribution >= 0.6 is 11.6 Å². The van der Waals surface area contributed by atoms with Crippen molar-refractivity contribution in [3.8, 4) is 0 Å². The molecule has 0 fully saturated rings. The molecule has 0 saturated carbocycles. The number of rotatable bonds is 8. The minimum absolute atomic E-state index is 0.00972. The van der Waals surface area contributed by atoms with Crippen LogP contribution in [0.25, 0.3) is 0 Å². The first kappa shape index (κ1) is 21.8. The van der Waals surface area contributed by atoms with Crippen molar-refractivity contribution in [1.82, 2.24) is 9.03 Å². The van der Waals surface area contributed by atoms with Gasteiger partial charge in [-0.25, -0.2) is 21.6 Å². The molecule has 0 spiro atoms. The predicted octanol–water partition coefficient (Wildman–Crippen LogP) is 3.16. The molecule has 2 aromatic rings. The van der Waals surface area contributed by atoms with Crippen molar-refractivity contribution in [2.45, 2.75) is 37.1 Å². The van der Waals surface area contributed by atoms with Crippen LogP contribution in [-0.4, -0.2) is 34.2 Å². The zero-order valence-electron chi connectivity index (χ0n) is 15.4. The van der Waals surface area contributed by atoms with Crippen molar-refractivity contribution >= 4 is 31.6 Å². The number of benzene rings is 2. The van der Waals surface area contributed by atoms with Crippen molar-refractivity contribution in [2.24, 2.45) is 0 Å². The Morgan fingerprint density at radius 2 is 1.56 bits per heavy atom. The Bertz CT molecular complexity index is 1000. The van der Waals surface area contributed by atoms with Crippen LogP contribution < -0.4 is 4.72 Å². The molecule has 2 aromatic carbocycles. The van der Waals surface area contributed by atoms with Crippen LogP contribution in [0.15, 0.2) is 52.3 Å². The minimum Gasteiger partial charge on any atom is -0.207 e. The molecule has 0 bridgehead atoms. The highest BCUT2D eigenvalue weighted by Crippen LogP contribution is 2.23. The summed E-state index contributed by atoms with van der Waals surface area (Å²) in [5.74, 6) is 0. The fourth-order valence-corrected chi connectivity index (χ4v) is 5.64. The van der Waals surface area contributed by atoms with Gasteiger partial charge in [0.25, 0.3) is 0 Å². The SMILES string of the molecule is CCN(CC)S(=O)(=O)c1ccc(CNS(=O)(=O)c2ccc(C)cc2Cl)cc1. The molecule has 2 rings (SSSR count). The zero-order chi connectivity index (χ0) is 20.2. The summed E-state index contributed by atoms with van der Waals surface area (Å²) < 4.78 is 53.7. The normalized spacial score (nSPS) is 12.5. The number of nitrogens with one attached hydrogen (secondary N) is 1. The summed E-state index contributed by atoms with van der Waals surface area (Å²) in [6, 6.07) is 10.9. The summed E-state index contributed by atoms with van der Waals surface area (Å²) in [5, 5.41) is 0.156. The van der Waals surface area contributed by atoms with Crippen molar-refractivity contribution in [3.63, 3.8) is 0 Å². The van der Waals surface area contributed by atoms with Gasteiger partial charge in [-0.1, -0.05) is 43.6 Å². The summed E-state index contributed by atoms with van der Waals surface area (Å²) in [5.41, 5.74) is 1.50. The molecule has 6 nitrogen and oxygen atoms in total. The highest BCUT2D eigenvalue weighted by molar-refractivity contribution is 7.89. The van der Waals surface area contributed by atoms with E-state index in [4.69, 9.17) is 11.6 Å². The molecule has 0 radical (unpaired) electrons. The molecule has 0 amide bonds. The summed E-state index contributed by atoms with van der Waals surface area (Å²) in [6.45, 7) is 6.18. The Kier molecular flexibility index (Phi) is 7.04. The molecule has 27 heavy (non-hydrogen) atoms. The molecule has 0 aliphatic heterocycles. The number of aryl methyl sites for hydroxylation is 1. The maximum Gasteiger partial charge on any atom is 0.243 e. The van der Waals surface area contributed by atoms with Gasteiger partial charge >= 0.3 is 0 Å². The van der Waals surface area contributed by atoms with Crippen LogP contribution in [0.4, 0.5) is 0 Å². The first-order valence-corrected chi connectivity index (χ1v) is 11.8. The van der Waals surface area contributed by atoms with Gasteiger partial charge in [-0.15, -0.1) is 0 Å². The van der Waals surface area contributed by atoms with Gasteiger partial charge in [0.15, 0.2) is 0 Å². The second kappa shape index (κ2) is 8.70. The van der Waals surface area contributed by atoms with Crippen LogP contribution in [0.5, 0.6) is 0 Å². The molecule has 0 heterocycles. The summed E-state index contributed by atoms with van der Waals surface area (Å²) in [7, 11) is -7.31. The third-order valence-electron chi connectivity index (χ3n) is 4.11. The number of sulfonamides is 2. The van der Waals surface area contributed by atoms with Gasteiger partial charge in [-0.05, 0) is 42.3 Å². The Morgan fingerprint density at radius 1 is 0.963 bits per heavy atom. The Morgan fingerprint density at radius 3 is 2.07 bits per heavy atom. The highest BCUT2D eigenvalue weighted by Gasteiger charge is 2.21. The van der Waals surface area contributed by atoms with Gasteiger partial charge in [0.05, 0.1) is 9.92 Å². The molecular formula is C18H23ClN2O4S2. The van der Waals surface area contributed by atoms with Gasteiger partial charge in [-0.3, -0.25) is 0 Å². The standard InChI is InChI=1S/C18H23ClN2O4S2/c1-4-21(5-2)27(24,25)16-9-7-15(8-10-16)13-20-26(22,23)18-11-6-14(3)12-17(18)19/h6-12,20H,4-5,13H2,1-3H3. The van der Waals surface area contributed by atoms with Crippen LogP contribution in [-0.2, 0) is 26.6 Å². The fourth-order valence-electron chi connectivity index (χ4n) is 2.57. The first-order valence-electron chi connectivity index (χ1n) is 8.46. The van der Waals surface area contributed by atoms with Gasteiger partial charge in [0, 0.05) is 19.6 Å². The lowest BCUT2D eigenvalue weighted by atomic mass is 10.2. The van der Waals surface area contributed by atoms with E-state index in [1.54, 1.807) is 38.1 Å². The molecule has 0 aliphatic carbocycles. The average molecular weight is 431 g/mol. The Labute approximate surface area is 166 Å². The lowest BCUT2D eigenvalue weighted by molar-refractivity contribution is 0.445. The van der Waals surface area contributed by atoms with Gasteiger partial charge in [0.1, 0.15) is 4.90 Å². The summed E-state index contributed by atoms with van der Waals surface area (Å²) in [6.07, 6.45) is 0. The van der Waals surface area contributed by atoms with Crippen molar-refractivity contribution in [3.05, 3.63) is 58.6 Å². The van der Waals surface area contributed by atoms with E-state index in [9.17, 15) is 16.8 Å². The predicted molar refractivity (Wildman–Crippen MR) is 107 cm³/mol. The van der Waals surface area contributed by atoms with E-state index in [1.807, 2.05) is 6.92 Å². The van der Waals surface area contributed by atoms with Gasteiger partial charge < -0.3 is 0 Å². The maximum absolute atomic E-state index is 12.5. The smallest absolute Gasteiger partial charge is 0.207 e. The highest BCUT2D eigenvalue weighted by atomic mass is 35.5. The Balaban J connectivity index is 2.15. The Hall–Kier alpha value is -1.45. The van der Waals surface area contributed by atoms with Crippen molar-refractivity contribution in [1.29, 1.82) is 0 Å². The van der Waals surface area contributed by atoms with Gasteiger partial charge in [-0.2, -0.15) is 4.31 Å². The molecule has 0 aliphatic rings. The van der Waals surface area contributed by atoms with Crippen LogP contribution in [0.1, 0.15) is 25.0 Å². The third-order valence-corrected chi connectivity index (χ3v) is 8.06. The number of halogens is 1. The lowest BCUT2D eigenvalue weighted by Gasteiger charge is -2.18.